The molecule has 10 heavy (non-hydrogen) atoms. The van der Waals surface area contributed by atoms with Crippen LogP contribution in [0.2, 0.25) is 0 Å². The summed E-state index contributed by atoms with van der Waals surface area (Å²) in [5.41, 5.74) is 0. The predicted molar refractivity (Wildman–Crippen MR) is 41.0 cm³/mol. The maximum atomic E-state index is 4.49. The fourth-order valence-corrected chi connectivity index (χ4v) is 2.13. The van der Waals surface area contributed by atoms with Gasteiger partial charge in [-0.1, -0.05) is 0 Å². The molecule has 2 saturated heterocycles. The molecule has 2 unspecified atom stereocenters. The van der Waals surface area contributed by atoms with Crippen LogP contribution in [0, 0.1) is 0 Å². The van der Waals surface area contributed by atoms with E-state index in [-0.39, 0.29) is 0 Å². The zero-order valence-electron chi connectivity index (χ0n) is 6.75. The topological polar surface area (TPSA) is 17.3 Å². The van der Waals surface area contributed by atoms with Crippen molar-refractivity contribution in [1.82, 2.24) is 10.2 Å². The van der Waals surface area contributed by atoms with E-state index in [1.807, 2.05) is 0 Å². The van der Waals surface area contributed by atoms with E-state index >= 15 is 0 Å². The summed E-state index contributed by atoms with van der Waals surface area (Å²) in [4.78, 5) is 2.58. The number of hydrogen-bond donors (Lipinski definition) is 0. The van der Waals surface area contributed by atoms with E-state index < -0.39 is 0 Å². The molecule has 0 amide bonds. The van der Waals surface area contributed by atoms with Crippen molar-refractivity contribution in [3.63, 3.8) is 0 Å². The molecule has 2 aliphatic heterocycles. The van der Waals surface area contributed by atoms with Crippen LogP contribution in [0.3, 0.4) is 0 Å². The average molecular weight is 139 g/mol. The molecule has 2 aliphatic rings. The van der Waals surface area contributed by atoms with Crippen LogP contribution in [0.4, 0.5) is 0 Å². The highest BCUT2D eigenvalue weighted by Gasteiger charge is 2.39. The highest BCUT2D eigenvalue weighted by molar-refractivity contribution is 4.97. The van der Waals surface area contributed by atoms with Gasteiger partial charge in [0.05, 0.1) is 0 Å². The summed E-state index contributed by atoms with van der Waals surface area (Å²) < 4.78 is 0. The van der Waals surface area contributed by atoms with Crippen LogP contribution in [-0.4, -0.2) is 36.1 Å². The lowest BCUT2D eigenvalue weighted by atomic mass is 10.2. The second-order valence-electron chi connectivity index (χ2n) is 3.70. The molecule has 0 N–H and O–H groups in total. The molecular formula is C8H15N2. The van der Waals surface area contributed by atoms with Crippen LogP contribution >= 0.6 is 0 Å². The average Bonchev–Trinajstić information content (AvgIpc) is 2.44. The minimum atomic E-state index is 0.687. The van der Waals surface area contributed by atoms with E-state index in [1.54, 1.807) is 0 Å². The fourth-order valence-electron chi connectivity index (χ4n) is 2.13. The number of fused-ring (bicyclic) bond motifs is 2. The van der Waals surface area contributed by atoms with Crippen molar-refractivity contribution in [3.05, 3.63) is 0 Å². The van der Waals surface area contributed by atoms with Gasteiger partial charge in [-0.2, -0.15) is 0 Å². The van der Waals surface area contributed by atoms with Crippen LogP contribution in [-0.2, 0) is 0 Å². The molecule has 0 saturated carbocycles. The second kappa shape index (κ2) is 2.21. The monoisotopic (exact) mass is 139 g/mol. The molecule has 0 aromatic carbocycles. The van der Waals surface area contributed by atoms with E-state index in [0.717, 1.165) is 18.6 Å². The van der Waals surface area contributed by atoms with Crippen LogP contribution < -0.4 is 5.32 Å². The zero-order valence-corrected chi connectivity index (χ0v) is 6.75. The summed E-state index contributed by atoms with van der Waals surface area (Å²) in [6.07, 6.45) is 1.33. The van der Waals surface area contributed by atoms with Crippen molar-refractivity contribution in [2.75, 3.05) is 13.1 Å². The Morgan fingerprint density at radius 2 is 2.30 bits per heavy atom. The van der Waals surface area contributed by atoms with Crippen molar-refractivity contribution in [1.29, 1.82) is 0 Å². The Kier molecular flexibility index (Phi) is 1.46. The Morgan fingerprint density at radius 1 is 1.50 bits per heavy atom. The van der Waals surface area contributed by atoms with Crippen molar-refractivity contribution < 1.29 is 0 Å². The Balaban J connectivity index is 2.02. The van der Waals surface area contributed by atoms with E-state index in [2.05, 4.69) is 24.1 Å². The molecule has 0 aliphatic carbocycles. The Morgan fingerprint density at radius 3 is 2.60 bits per heavy atom. The third-order valence-electron chi connectivity index (χ3n) is 2.67. The van der Waals surface area contributed by atoms with Crippen LogP contribution in [0.1, 0.15) is 20.3 Å². The predicted octanol–water partition coefficient (Wildman–Crippen LogP) is 0.456. The van der Waals surface area contributed by atoms with Crippen molar-refractivity contribution in [2.24, 2.45) is 0 Å². The highest BCUT2D eigenvalue weighted by atomic mass is 15.3. The summed E-state index contributed by atoms with van der Waals surface area (Å²) in [5.74, 6) is 0. The molecule has 0 aromatic rings. The van der Waals surface area contributed by atoms with Gasteiger partial charge in [0, 0.05) is 31.2 Å². The zero-order chi connectivity index (χ0) is 7.14. The molecular weight excluding hydrogens is 124 g/mol. The van der Waals surface area contributed by atoms with Crippen molar-refractivity contribution in [3.8, 4) is 0 Å². The van der Waals surface area contributed by atoms with E-state index in [1.165, 1.54) is 13.0 Å². The number of likely N-dealkylation sites (tertiary alicyclic amines) is 1. The van der Waals surface area contributed by atoms with Crippen molar-refractivity contribution >= 4 is 0 Å². The smallest absolute Gasteiger partial charge is 0.0389 e. The lowest BCUT2D eigenvalue weighted by Gasteiger charge is -2.29. The summed E-state index contributed by atoms with van der Waals surface area (Å²) in [6, 6.07) is 2.21. The summed E-state index contributed by atoms with van der Waals surface area (Å²) in [5, 5.41) is 4.49. The van der Waals surface area contributed by atoms with Gasteiger partial charge in [-0.15, -0.1) is 0 Å². The van der Waals surface area contributed by atoms with Gasteiger partial charge in [0.25, 0.3) is 0 Å². The molecule has 0 spiro atoms. The van der Waals surface area contributed by atoms with Gasteiger partial charge in [-0.05, 0) is 20.3 Å². The Hall–Kier alpha value is -0.0800. The normalized spacial score (nSPS) is 39.9. The van der Waals surface area contributed by atoms with E-state index in [0.29, 0.717) is 6.04 Å². The highest BCUT2D eigenvalue weighted by Crippen LogP contribution is 2.25. The Labute approximate surface area is 62.6 Å². The van der Waals surface area contributed by atoms with Gasteiger partial charge < -0.3 is 0 Å². The molecule has 2 nitrogen and oxygen atoms in total. The quantitative estimate of drug-likeness (QED) is 0.516. The maximum absolute atomic E-state index is 4.49. The van der Waals surface area contributed by atoms with Crippen LogP contribution in [0.25, 0.3) is 0 Å². The van der Waals surface area contributed by atoms with Gasteiger partial charge in [-0.3, -0.25) is 4.90 Å². The standard InChI is InChI=1S/C8H15N2/c1-6(2)10-5-7-3-8(10)4-9-7/h6-8H,3-5H2,1-2H3. The lowest BCUT2D eigenvalue weighted by molar-refractivity contribution is 0.179. The first-order chi connectivity index (χ1) is 4.77. The lowest BCUT2D eigenvalue weighted by Crippen LogP contribution is -2.44. The molecule has 2 heterocycles. The third-order valence-corrected chi connectivity index (χ3v) is 2.67. The molecule has 57 valence electrons. The minimum Gasteiger partial charge on any atom is -0.295 e. The van der Waals surface area contributed by atoms with Crippen LogP contribution in [0.5, 0.6) is 0 Å². The molecule has 2 rings (SSSR count). The molecule has 2 bridgehead atoms. The maximum Gasteiger partial charge on any atom is 0.0389 e. The molecule has 2 atom stereocenters. The SMILES string of the molecule is CC(C)N1CC2CC1C[N]2. The fraction of sp³-hybridized carbons (Fsp3) is 1.00. The van der Waals surface area contributed by atoms with Gasteiger partial charge in [0.1, 0.15) is 0 Å². The minimum absolute atomic E-state index is 0.687. The number of rotatable bonds is 1. The van der Waals surface area contributed by atoms with Gasteiger partial charge >= 0.3 is 0 Å². The van der Waals surface area contributed by atoms with E-state index in [4.69, 9.17) is 0 Å². The largest absolute Gasteiger partial charge is 0.295 e. The van der Waals surface area contributed by atoms with Gasteiger partial charge in [0.2, 0.25) is 0 Å². The molecule has 1 radical (unpaired) electrons. The van der Waals surface area contributed by atoms with E-state index in [9.17, 15) is 0 Å². The number of hydrogen-bond acceptors (Lipinski definition) is 1. The Bertz CT molecular complexity index is 133. The summed E-state index contributed by atoms with van der Waals surface area (Å²) in [6.45, 7) is 6.88. The summed E-state index contributed by atoms with van der Waals surface area (Å²) >= 11 is 0. The van der Waals surface area contributed by atoms with Crippen molar-refractivity contribution in [2.45, 2.75) is 38.4 Å². The number of nitrogens with zero attached hydrogens (tertiary/aromatic N) is 2. The first-order valence-electron chi connectivity index (χ1n) is 4.19. The molecule has 0 aromatic heterocycles. The molecule has 2 fully saturated rings. The third kappa shape index (κ3) is 0.867. The first-order valence-corrected chi connectivity index (χ1v) is 4.19. The summed E-state index contributed by atoms with van der Waals surface area (Å²) in [7, 11) is 0. The van der Waals surface area contributed by atoms with Crippen LogP contribution in [0.15, 0.2) is 0 Å². The van der Waals surface area contributed by atoms with Gasteiger partial charge in [-0.25, -0.2) is 5.32 Å². The number of piperazine rings is 1. The van der Waals surface area contributed by atoms with Gasteiger partial charge in [0.15, 0.2) is 0 Å². The molecule has 2 heteroatoms. The second-order valence-corrected chi connectivity index (χ2v) is 3.70. The first kappa shape index (κ1) is 6.62.